The molecule has 0 aliphatic carbocycles. The Morgan fingerprint density at radius 1 is 1.26 bits per heavy atom. The number of nitro benzene ring substituents is 1. The molecule has 0 aromatic heterocycles. The van der Waals surface area contributed by atoms with Gasteiger partial charge in [0.2, 0.25) is 0 Å². The number of hydrogen-bond donors (Lipinski definition) is 0. The number of likely N-dealkylation sites (tertiary alicyclic amines) is 1. The molecule has 1 aliphatic heterocycles. The molecule has 0 bridgehead atoms. The SMILES string of the molecule is C[C@H]1CCC[C@H](C)N1C(=O)COC(=O)c1ccccc1[N+](=O)[O-]. The maximum absolute atomic E-state index is 12.3. The molecule has 0 unspecified atom stereocenters. The number of para-hydroxylation sites is 1. The number of piperidine rings is 1. The number of rotatable bonds is 4. The van der Waals surface area contributed by atoms with E-state index in [1.807, 2.05) is 13.8 Å². The molecular formula is C16H20N2O5. The first kappa shape index (κ1) is 16.9. The molecule has 2 rings (SSSR count). The van der Waals surface area contributed by atoms with Gasteiger partial charge in [-0.2, -0.15) is 0 Å². The number of amides is 1. The number of ether oxygens (including phenoxy) is 1. The normalized spacial score (nSPS) is 20.9. The third kappa shape index (κ3) is 3.85. The average molecular weight is 320 g/mol. The van der Waals surface area contributed by atoms with Gasteiger partial charge in [0.05, 0.1) is 4.92 Å². The molecule has 0 spiro atoms. The quantitative estimate of drug-likeness (QED) is 0.483. The highest BCUT2D eigenvalue weighted by Gasteiger charge is 2.30. The lowest BCUT2D eigenvalue weighted by molar-refractivity contribution is -0.385. The van der Waals surface area contributed by atoms with E-state index in [1.54, 1.807) is 4.90 Å². The van der Waals surface area contributed by atoms with Gasteiger partial charge >= 0.3 is 5.97 Å². The summed E-state index contributed by atoms with van der Waals surface area (Å²) in [5.74, 6) is -1.13. The summed E-state index contributed by atoms with van der Waals surface area (Å²) in [6.45, 7) is 3.54. The molecule has 1 saturated heterocycles. The lowest BCUT2D eigenvalue weighted by Gasteiger charge is -2.38. The van der Waals surface area contributed by atoms with Crippen LogP contribution in [0.2, 0.25) is 0 Å². The van der Waals surface area contributed by atoms with Gasteiger partial charge in [0.25, 0.3) is 11.6 Å². The zero-order valence-corrected chi connectivity index (χ0v) is 13.2. The van der Waals surface area contributed by atoms with E-state index in [0.29, 0.717) is 0 Å². The minimum Gasteiger partial charge on any atom is -0.452 e. The summed E-state index contributed by atoms with van der Waals surface area (Å²) < 4.78 is 5.00. The van der Waals surface area contributed by atoms with Crippen molar-refractivity contribution in [1.82, 2.24) is 4.90 Å². The summed E-state index contributed by atoms with van der Waals surface area (Å²) in [7, 11) is 0. The van der Waals surface area contributed by atoms with Crippen LogP contribution in [0.25, 0.3) is 0 Å². The van der Waals surface area contributed by atoms with Crippen molar-refractivity contribution in [2.75, 3.05) is 6.61 Å². The number of hydrogen-bond acceptors (Lipinski definition) is 5. The highest BCUT2D eigenvalue weighted by molar-refractivity contribution is 5.95. The summed E-state index contributed by atoms with van der Waals surface area (Å²) in [6, 6.07) is 5.74. The van der Waals surface area contributed by atoms with E-state index in [0.717, 1.165) is 19.3 Å². The van der Waals surface area contributed by atoms with Crippen LogP contribution in [-0.4, -0.2) is 40.4 Å². The maximum atomic E-state index is 12.3. The molecule has 2 atom stereocenters. The van der Waals surface area contributed by atoms with Crippen LogP contribution in [0.4, 0.5) is 5.69 Å². The number of nitro groups is 1. The third-order valence-electron chi connectivity index (χ3n) is 4.13. The molecule has 7 heteroatoms. The first-order valence-electron chi connectivity index (χ1n) is 7.63. The Hall–Kier alpha value is -2.44. The van der Waals surface area contributed by atoms with Gasteiger partial charge in [0.1, 0.15) is 5.56 Å². The van der Waals surface area contributed by atoms with Gasteiger partial charge in [-0.1, -0.05) is 12.1 Å². The fourth-order valence-electron chi connectivity index (χ4n) is 3.00. The second kappa shape index (κ2) is 7.21. The first-order chi connectivity index (χ1) is 10.9. The van der Waals surface area contributed by atoms with Crippen molar-refractivity contribution >= 4 is 17.6 Å². The summed E-state index contributed by atoms with van der Waals surface area (Å²) >= 11 is 0. The molecule has 0 saturated carbocycles. The molecule has 23 heavy (non-hydrogen) atoms. The molecule has 1 aliphatic rings. The van der Waals surface area contributed by atoms with Crippen LogP contribution in [0.1, 0.15) is 43.5 Å². The summed E-state index contributed by atoms with van der Waals surface area (Å²) in [5.41, 5.74) is -0.477. The van der Waals surface area contributed by atoms with Gasteiger partial charge in [-0.05, 0) is 39.2 Å². The van der Waals surface area contributed by atoms with E-state index in [2.05, 4.69) is 0 Å². The molecule has 0 N–H and O–H groups in total. The number of esters is 1. The van der Waals surface area contributed by atoms with Gasteiger partial charge in [-0.15, -0.1) is 0 Å². The number of nitrogens with zero attached hydrogens (tertiary/aromatic N) is 2. The van der Waals surface area contributed by atoms with Crippen LogP contribution in [0.15, 0.2) is 24.3 Å². The van der Waals surface area contributed by atoms with E-state index < -0.39 is 17.5 Å². The molecule has 7 nitrogen and oxygen atoms in total. The van der Waals surface area contributed by atoms with E-state index in [-0.39, 0.29) is 29.2 Å². The molecule has 1 aromatic rings. The molecule has 1 amide bonds. The second-order valence-corrected chi connectivity index (χ2v) is 5.78. The van der Waals surface area contributed by atoms with Gasteiger partial charge in [-0.3, -0.25) is 14.9 Å². The van der Waals surface area contributed by atoms with Crippen molar-refractivity contribution in [3.8, 4) is 0 Å². The smallest absolute Gasteiger partial charge is 0.345 e. The maximum Gasteiger partial charge on any atom is 0.345 e. The third-order valence-corrected chi connectivity index (χ3v) is 4.13. The van der Waals surface area contributed by atoms with Crippen molar-refractivity contribution in [3.63, 3.8) is 0 Å². The summed E-state index contributed by atoms with van der Waals surface area (Å²) in [4.78, 5) is 36.3. The van der Waals surface area contributed by atoms with Crippen molar-refractivity contribution < 1.29 is 19.2 Å². The fraction of sp³-hybridized carbons (Fsp3) is 0.500. The zero-order valence-electron chi connectivity index (χ0n) is 13.2. The van der Waals surface area contributed by atoms with Crippen LogP contribution in [0.3, 0.4) is 0 Å². The first-order valence-corrected chi connectivity index (χ1v) is 7.63. The van der Waals surface area contributed by atoms with Crippen LogP contribution in [0.5, 0.6) is 0 Å². The Morgan fingerprint density at radius 2 is 1.87 bits per heavy atom. The lowest BCUT2D eigenvalue weighted by atomic mass is 9.97. The molecular weight excluding hydrogens is 300 g/mol. The monoisotopic (exact) mass is 320 g/mol. The lowest BCUT2D eigenvalue weighted by Crippen LogP contribution is -2.49. The Morgan fingerprint density at radius 3 is 2.48 bits per heavy atom. The highest BCUT2D eigenvalue weighted by Crippen LogP contribution is 2.23. The van der Waals surface area contributed by atoms with E-state index in [9.17, 15) is 19.7 Å². The average Bonchev–Trinajstić information content (AvgIpc) is 2.52. The Bertz CT molecular complexity index is 606. The summed E-state index contributed by atoms with van der Waals surface area (Å²) in [6.07, 6.45) is 2.92. The second-order valence-electron chi connectivity index (χ2n) is 5.78. The van der Waals surface area contributed by atoms with Gasteiger partial charge in [0, 0.05) is 18.2 Å². The predicted molar refractivity (Wildman–Crippen MR) is 83.0 cm³/mol. The van der Waals surface area contributed by atoms with Gasteiger partial charge < -0.3 is 9.64 Å². The Kier molecular flexibility index (Phi) is 5.31. The van der Waals surface area contributed by atoms with E-state index >= 15 is 0 Å². The molecule has 0 radical (unpaired) electrons. The minimum atomic E-state index is -0.858. The molecule has 124 valence electrons. The highest BCUT2D eigenvalue weighted by atomic mass is 16.6. The van der Waals surface area contributed by atoms with E-state index in [1.165, 1.54) is 24.3 Å². The van der Waals surface area contributed by atoms with Crippen molar-refractivity contribution in [3.05, 3.63) is 39.9 Å². The topological polar surface area (TPSA) is 89.8 Å². The van der Waals surface area contributed by atoms with E-state index in [4.69, 9.17) is 4.74 Å². The molecule has 1 fully saturated rings. The van der Waals surface area contributed by atoms with Crippen molar-refractivity contribution in [2.45, 2.75) is 45.2 Å². The Labute approximate surface area is 134 Å². The van der Waals surface area contributed by atoms with Crippen LogP contribution >= 0.6 is 0 Å². The van der Waals surface area contributed by atoms with Crippen LogP contribution < -0.4 is 0 Å². The minimum absolute atomic E-state index is 0.107. The number of carbonyl (C=O) groups is 2. The fourth-order valence-corrected chi connectivity index (χ4v) is 3.00. The van der Waals surface area contributed by atoms with Crippen LogP contribution in [0, 0.1) is 10.1 Å². The van der Waals surface area contributed by atoms with Crippen molar-refractivity contribution in [2.24, 2.45) is 0 Å². The van der Waals surface area contributed by atoms with Gasteiger partial charge in [0.15, 0.2) is 6.61 Å². The molecule has 1 aromatic carbocycles. The largest absolute Gasteiger partial charge is 0.452 e. The number of carbonyl (C=O) groups excluding carboxylic acids is 2. The molecule has 1 heterocycles. The zero-order chi connectivity index (χ0) is 17.0. The van der Waals surface area contributed by atoms with Crippen molar-refractivity contribution in [1.29, 1.82) is 0 Å². The summed E-state index contributed by atoms with van der Waals surface area (Å²) in [5, 5.41) is 10.9. The predicted octanol–water partition coefficient (Wildman–Crippen LogP) is 2.54. The number of benzene rings is 1. The van der Waals surface area contributed by atoms with Crippen LogP contribution in [-0.2, 0) is 9.53 Å². The standard InChI is InChI=1S/C16H20N2O5/c1-11-6-5-7-12(2)17(11)15(19)10-23-16(20)13-8-3-4-9-14(13)18(21)22/h3-4,8-9,11-12H,5-7,10H2,1-2H3/t11-,12-/m0/s1. The van der Waals surface area contributed by atoms with Gasteiger partial charge in [-0.25, -0.2) is 4.79 Å². The Balaban J connectivity index is 2.02.